The first-order chi connectivity index (χ1) is 8.91. The van der Waals surface area contributed by atoms with Gasteiger partial charge in [-0.3, -0.25) is 9.69 Å². The largest absolute Gasteiger partial charge is 0.481 e. The Kier molecular flexibility index (Phi) is 8.34. The van der Waals surface area contributed by atoms with Crippen molar-refractivity contribution in [2.24, 2.45) is 0 Å². The van der Waals surface area contributed by atoms with Crippen LogP contribution in [0.15, 0.2) is 18.2 Å². The number of carboxylic acids is 1. The van der Waals surface area contributed by atoms with Gasteiger partial charge >= 0.3 is 5.97 Å². The summed E-state index contributed by atoms with van der Waals surface area (Å²) >= 11 is 0. The molecule has 20 heavy (non-hydrogen) atoms. The van der Waals surface area contributed by atoms with Crippen LogP contribution in [-0.2, 0) is 4.79 Å². The Morgan fingerprint density at radius 3 is 2.50 bits per heavy atom. The second-order valence-corrected chi connectivity index (χ2v) is 4.68. The molecule has 6 heteroatoms. The number of benzene rings is 1. The minimum absolute atomic E-state index is 0. The SMILES string of the molecule is CC(c1ccc(F)c(F)c1)N(C)CCCCC(=O)O.Cl. The second-order valence-electron chi connectivity index (χ2n) is 4.68. The van der Waals surface area contributed by atoms with Crippen LogP contribution in [0.3, 0.4) is 0 Å². The van der Waals surface area contributed by atoms with Crippen LogP contribution in [0, 0.1) is 11.6 Å². The second kappa shape index (κ2) is 8.87. The smallest absolute Gasteiger partial charge is 0.303 e. The monoisotopic (exact) mass is 307 g/mol. The van der Waals surface area contributed by atoms with Gasteiger partial charge in [-0.25, -0.2) is 8.78 Å². The molecule has 1 atom stereocenters. The van der Waals surface area contributed by atoms with Crippen LogP contribution in [0.2, 0.25) is 0 Å². The van der Waals surface area contributed by atoms with Crippen LogP contribution in [0.25, 0.3) is 0 Å². The Bertz CT molecular complexity index is 443. The average Bonchev–Trinajstić information content (AvgIpc) is 2.36. The van der Waals surface area contributed by atoms with Crippen molar-refractivity contribution in [2.45, 2.75) is 32.2 Å². The van der Waals surface area contributed by atoms with Gasteiger partial charge in [0.25, 0.3) is 0 Å². The van der Waals surface area contributed by atoms with E-state index in [0.717, 1.165) is 12.5 Å². The lowest BCUT2D eigenvalue weighted by atomic mass is 10.1. The molecule has 0 saturated carbocycles. The molecule has 0 aliphatic carbocycles. The number of hydrogen-bond donors (Lipinski definition) is 1. The van der Waals surface area contributed by atoms with Gasteiger partial charge in [-0.1, -0.05) is 6.07 Å². The molecular weight excluding hydrogens is 288 g/mol. The van der Waals surface area contributed by atoms with E-state index in [0.29, 0.717) is 18.5 Å². The zero-order valence-electron chi connectivity index (χ0n) is 11.6. The molecule has 0 aliphatic heterocycles. The van der Waals surface area contributed by atoms with Gasteiger partial charge in [-0.05, 0) is 51.1 Å². The van der Waals surface area contributed by atoms with E-state index in [2.05, 4.69) is 0 Å². The fourth-order valence-corrected chi connectivity index (χ4v) is 1.86. The van der Waals surface area contributed by atoms with Gasteiger partial charge in [-0.2, -0.15) is 0 Å². The van der Waals surface area contributed by atoms with E-state index in [1.54, 1.807) is 6.07 Å². The van der Waals surface area contributed by atoms with Crippen molar-refractivity contribution in [1.29, 1.82) is 0 Å². The van der Waals surface area contributed by atoms with Gasteiger partial charge in [0.2, 0.25) is 0 Å². The highest BCUT2D eigenvalue weighted by Gasteiger charge is 2.13. The van der Waals surface area contributed by atoms with Crippen molar-refractivity contribution in [3.8, 4) is 0 Å². The van der Waals surface area contributed by atoms with E-state index in [9.17, 15) is 13.6 Å². The Hall–Kier alpha value is -1.20. The molecule has 0 spiro atoms. The van der Waals surface area contributed by atoms with Crippen molar-refractivity contribution in [2.75, 3.05) is 13.6 Å². The number of halogens is 3. The van der Waals surface area contributed by atoms with Crippen molar-refractivity contribution >= 4 is 18.4 Å². The molecule has 1 aromatic carbocycles. The number of rotatable bonds is 7. The number of carboxylic acid groups (broad SMARTS) is 1. The number of unbranched alkanes of at least 4 members (excludes halogenated alkanes) is 1. The maximum Gasteiger partial charge on any atom is 0.303 e. The van der Waals surface area contributed by atoms with E-state index in [1.807, 2.05) is 18.9 Å². The van der Waals surface area contributed by atoms with Gasteiger partial charge in [0.05, 0.1) is 0 Å². The van der Waals surface area contributed by atoms with Gasteiger partial charge in [0, 0.05) is 12.5 Å². The lowest BCUT2D eigenvalue weighted by Crippen LogP contribution is -2.23. The molecule has 0 aliphatic rings. The van der Waals surface area contributed by atoms with Crippen LogP contribution in [0.4, 0.5) is 8.78 Å². The van der Waals surface area contributed by atoms with Crippen LogP contribution in [0.1, 0.15) is 37.8 Å². The first-order valence-corrected chi connectivity index (χ1v) is 6.28. The molecule has 1 aromatic rings. The summed E-state index contributed by atoms with van der Waals surface area (Å²) in [5.41, 5.74) is 0.708. The number of aliphatic carboxylic acids is 1. The van der Waals surface area contributed by atoms with Crippen molar-refractivity contribution in [3.05, 3.63) is 35.4 Å². The summed E-state index contributed by atoms with van der Waals surface area (Å²) in [6, 6.07) is 3.85. The molecule has 0 saturated heterocycles. The molecule has 0 radical (unpaired) electrons. The molecule has 3 nitrogen and oxygen atoms in total. The quantitative estimate of drug-likeness (QED) is 0.782. The first kappa shape index (κ1) is 18.8. The molecule has 114 valence electrons. The van der Waals surface area contributed by atoms with Gasteiger partial charge < -0.3 is 5.11 Å². The minimum atomic E-state index is -0.847. The molecule has 0 amide bonds. The molecule has 0 fully saturated rings. The van der Waals surface area contributed by atoms with Gasteiger partial charge in [-0.15, -0.1) is 12.4 Å². The summed E-state index contributed by atoms with van der Waals surface area (Å²) in [6.45, 7) is 2.62. The van der Waals surface area contributed by atoms with Crippen LogP contribution >= 0.6 is 12.4 Å². The Balaban J connectivity index is 0.00000361. The predicted octanol–water partition coefficient (Wildman–Crippen LogP) is 3.63. The summed E-state index contributed by atoms with van der Waals surface area (Å²) in [7, 11) is 1.88. The molecule has 0 aromatic heterocycles. The zero-order chi connectivity index (χ0) is 14.4. The highest BCUT2D eigenvalue weighted by Crippen LogP contribution is 2.21. The number of hydrogen-bond acceptors (Lipinski definition) is 2. The molecule has 0 bridgehead atoms. The van der Waals surface area contributed by atoms with E-state index < -0.39 is 17.6 Å². The Morgan fingerprint density at radius 2 is 1.95 bits per heavy atom. The van der Waals surface area contributed by atoms with Gasteiger partial charge in [0.1, 0.15) is 0 Å². The summed E-state index contributed by atoms with van der Waals surface area (Å²) in [5.74, 6) is -2.49. The fraction of sp³-hybridized carbons (Fsp3) is 0.500. The van der Waals surface area contributed by atoms with Crippen molar-refractivity contribution < 1.29 is 18.7 Å². The van der Waals surface area contributed by atoms with Crippen LogP contribution in [0.5, 0.6) is 0 Å². The van der Waals surface area contributed by atoms with Crippen molar-refractivity contribution in [3.63, 3.8) is 0 Å². The van der Waals surface area contributed by atoms with Crippen LogP contribution in [-0.4, -0.2) is 29.6 Å². The lowest BCUT2D eigenvalue weighted by molar-refractivity contribution is -0.137. The summed E-state index contributed by atoms with van der Waals surface area (Å²) < 4.78 is 26.0. The first-order valence-electron chi connectivity index (χ1n) is 6.28. The maximum atomic E-state index is 13.1. The highest BCUT2D eigenvalue weighted by atomic mass is 35.5. The van der Waals surface area contributed by atoms with E-state index in [4.69, 9.17) is 5.11 Å². The molecule has 1 rings (SSSR count). The van der Waals surface area contributed by atoms with E-state index in [1.165, 1.54) is 6.07 Å². The number of nitrogens with zero attached hydrogens (tertiary/aromatic N) is 1. The molecule has 1 N–H and O–H groups in total. The minimum Gasteiger partial charge on any atom is -0.481 e. The molecule has 0 heterocycles. The number of carbonyl (C=O) groups is 1. The molecule has 1 unspecified atom stereocenters. The third kappa shape index (κ3) is 5.84. The summed E-state index contributed by atoms with van der Waals surface area (Å²) in [4.78, 5) is 12.4. The van der Waals surface area contributed by atoms with Crippen molar-refractivity contribution in [1.82, 2.24) is 4.90 Å². The summed E-state index contributed by atoms with van der Waals surface area (Å²) in [6.07, 6.45) is 1.54. The zero-order valence-corrected chi connectivity index (χ0v) is 12.4. The van der Waals surface area contributed by atoms with Gasteiger partial charge in [0.15, 0.2) is 11.6 Å². The predicted molar refractivity (Wildman–Crippen MR) is 76.1 cm³/mol. The molecular formula is C14H20ClF2NO2. The van der Waals surface area contributed by atoms with Crippen LogP contribution < -0.4 is 0 Å². The third-order valence-corrected chi connectivity index (χ3v) is 3.24. The Morgan fingerprint density at radius 1 is 1.30 bits per heavy atom. The van der Waals surface area contributed by atoms with E-state index in [-0.39, 0.29) is 24.9 Å². The third-order valence-electron chi connectivity index (χ3n) is 3.24. The average molecular weight is 308 g/mol. The normalized spacial score (nSPS) is 12.1. The highest BCUT2D eigenvalue weighted by molar-refractivity contribution is 5.85. The van der Waals surface area contributed by atoms with E-state index >= 15 is 0 Å². The standard InChI is InChI=1S/C14H19F2NO2.ClH/c1-10(11-6-7-12(15)13(16)9-11)17(2)8-4-3-5-14(18)19;/h6-7,9-10H,3-5,8H2,1-2H3,(H,18,19);1H. The lowest BCUT2D eigenvalue weighted by Gasteiger charge is -2.25. The Labute approximate surface area is 124 Å². The topological polar surface area (TPSA) is 40.5 Å². The maximum absolute atomic E-state index is 13.1. The summed E-state index contributed by atoms with van der Waals surface area (Å²) in [5, 5.41) is 8.53. The fourth-order valence-electron chi connectivity index (χ4n) is 1.86.